The molecule has 0 aliphatic rings. The van der Waals surface area contributed by atoms with E-state index in [1.165, 1.54) is 0 Å². The molecule has 3 nitrogen and oxygen atoms in total. The van der Waals surface area contributed by atoms with E-state index >= 15 is 0 Å². The lowest BCUT2D eigenvalue weighted by Crippen LogP contribution is -2.33. The first kappa shape index (κ1) is 14.6. The second-order valence-corrected chi connectivity index (χ2v) is 5.17. The lowest BCUT2D eigenvalue weighted by atomic mass is 10.2. The number of carbonyl (C=O) groups excluding carboxylic acids is 1. The van der Waals surface area contributed by atoms with Crippen LogP contribution in [0.25, 0.3) is 0 Å². The van der Waals surface area contributed by atoms with E-state index in [2.05, 4.69) is 11.4 Å². The highest BCUT2D eigenvalue weighted by molar-refractivity contribution is 7.99. The molecule has 4 heteroatoms. The zero-order valence-electron chi connectivity index (χ0n) is 10.8. The summed E-state index contributed by atoms with van der Waals surface area (Å²) in [6.07, 6.45) is 0.945. The third-order valence-corrected chi connectivity index (χ3v) is 3.58. The summed E-state index contributed by atoms with van der Waals surface area (Å²) in [5, 5.41) is 11.7. The number of nitrogens with one attached hydrogen (secondary N) is 1. The van der Waals surface area contributed by atoms with Gasteiger partial charge in [0.1, 0.15) is 0 Å². The van der Waals surface area contributed by atoms with Crippen LogP contribution < -0.4 is 5.32 Å². The quantitative estimate of drug-likeness (QED) is 0.857. The second-order valence-electron chi connectivity index (χ2n) is 4.18. The van der Waals surface area contributed by atoms with Gasteiger partial charge in [-0.3, -0.25) is 4.79 Å². The van der Waals surface area contributed by atoms with Crippen LogP contribution in [0.2, 0.25) is 0 Å². The van der Waals surface area contributed by atoms with Crippen LogP contribution in [0.5, 0.6) is 0 Å². The fourth-order valence-corrected chi connectivity index (χ4v) is 2.20. The van der Waals surface area contributed by atoms with E-state index in [1.807, 2.05) is 32.0 Å². The minimum atomic E-state index is 0.0748. The van der Waals surface area contributed by atoms with Crippen molar-refractivity contribution < 1.29 is 4.79 Å². The van der Waals surface area contributed by atoms with Gasteiger partial charge in [0.2, 0.25) is 5.91 Å². The smallest absolute Gasteiger partial charge is 0.230 e. The average Bonchev–Trinajstić information content (AvgIpc) is 2.38. The number of hydrogen-bond acceptors (Lipinski definition) is 3. The van der Waals surface area contributed by atoms with E-state index in [9.17, 15) is 4.79 Å². The maximum atomic E-state index is 11.5. The maximum absolute atomic E-state index is 11.5. The number of benzene rings is 1. The van der Waals surface area contributed by atoms with Crippen LogP contribution >= 0.6 is 11.8 Å². The Morgan fingerprint density at radius 3 is 3.00 bits per heavy atom. The molecule has 0 aliphatic heterocycles. The SMILES string of the molecule is CC[C@@H](C)NC(=O)CSCc1cccc(C#N)c1. The van der Waals surface area contributed by atoms with E-state index < -0.39 is 0 Å². The number of carbonyl (C=O) groups is 1. The van der Waals surface area contributed by atoms with Gasteiger partial charge in [0.25, 0.3) is 0 Å². The molecule has 0 radical (unpaired) electrons. The van der Waals surface area contributed by atoms with Crippen molar-refractivity contribution in [3.05, 3.63) is 35.4 Å². The van der Waals surface area contributed by atoms with Gasteiger partial charge in [-0.1, -0.05) is 19.1 Å². The predicted molar refractivity (Wildman–Crippen MR) is 75.2 cm³/mol. The Labute approximate surface area is 113 Å². The number of nitrogens with zero attached hydrogens (tertiary/aromatic N) is 1. The Morgan fingerprint density at radius 1 is 1.56 bits per heavy atom. The maximum Gasteiger partial charge on any atom is 0.230 e. The molecule has 1 aromatic rings. The lowest BCUT2D eigenvalue weighted by Gasteiger charge is -2.10. The molecule has 0 spiro atoms. The largest absolute Gasteiger partial charge is 0.353 e. The van der Waals surface area contributed by atoms with Crippen molar-refractivity contribution in [2.24, 2.45) is 0 Å². The molecule has 1 rings (SSSR count). The molecular formula is C14H18N2OS. The summed E-state index contributed by atoms with van der Waals surface area (Å²) < 4.78 is 0. The van der Waals surface area contributed by atoms with Crippen molar-refractivity contribution in [2.45, 2.75) is 32.1 Å². The second kappa shape index (κ2) is 7.78. The van der Waals surface area contributed by atoms with Gasteiger partial charge in [-0.25, -0.2) is 0 Å². The highest BCUT2D eigenvalue weighted by atomic mass is 32.2. The molecule has 1 atom stereocenters. The zero-order valence-corrected chi connectivity index (χ0v) is 11.6. The van der Waals surface area contributed by atoms with Crippen LogP contribution in [-0.4, -0.2) is 17.7 Å². The van der Waals surface area contributed by atoms with Gasteiger partial charge in [-0.05, 0) is 31.0 Å². The number of nitriles is 1. The van der Waals surface area contributed by atoms with Gasteiger partial charge in [0.15, 0.2) is 0 Å². The van der Waals surface area contributed by atoms with E-state index in [0.29, 0.717) is 11.3 Å². The van der Waals surface area contributed by atoms with Crippen molar-refractivity contribution >= 4 is 17.7 Å². The van der Waals surface area contributed by atoms with Gasteiger partial charge in [-0.2, -0.15) is 5.26 Å². The average molecular weight is 262 g/mol. The molecule has 96 valence electrons. The van der Waals surface area contributed by atoms with Crippen molar-refractivity contribution in [1.82, 2.24) is 5.32 Å². The zero-order chi connectivity index (χ0) is 13.4. The van der Waals surface area contributed by atoms with Crippen molar-refractivity contribution in [3.63, 3.8) is 0 Å². The fourth-order valence-electron chi connectivity index (χ4n) is 1.41. The summed E-state index contributed by atoms with van der Waals surface area (Å²) in [7, 11) is 0. The minimum absolute atomic E-state index is 0.0748. The van der Waals surface area contributed by atoms with Crippen molar-refractivity contribution in [2.75, 3.05) is 5.75 Å². The monoisotopic (exact) mass is 262 g/mol. The Morgan fingerprint density at radius 2 is 2.33 bits per heavy atom. The molecule has 0 saturated carbocycles. The van der Waals surface area contributed by atoms with Crippen LogP contribution in [-0.2, 0) is 10.5 Å². The molecule has 18 heavy (non-hydrogen) atoms. The third kappa shape index (κ3) is 5.24. The van der Waals surface area contributed by atoms with Gasteiger partial charge >= 0.3 is 0 Å². The van der Waals surface area contributed by atoms with Crippen molar-refractivity contribution in [1.29, 1.82) is 5.26 Å². The van der Waals surface area contributed by atoms with Crippen LogP contribution in [0.3, 0.4) is 0 Å². The summed E-state index contributed by atoms with van der Waals surface area (Å²) in [6, 6.07) is 9.83. The lowest BCUT2D eigenvalue weighted by molar-refractivity contribution is -0.119. The predicted octanol–water partition coefficient (Wildman–Crippen LogP) is 2.71. The molecule has 0 unspecified atom stereocenters. The molecule has 1 amide bonds. The van der Waals surface area contributed by atoms with E-state index in [1.54, 1.807) is 17.8 Å². The van der Waals surface area contributed by atoms with Crippen LogP contribution in [0.4, 0.5) is 0 Å². The minimum Gasteiger partial charge on any atom is -0.353 e. The summed E-state index contributed by atoms with van der Waals surface area (Å²) in [6.45, 7) is 4.05. The summed E-state index contributed by atoms with van der Waals surface area (Å²) in [5.41, 5.74) is 1.74. The third-order valence-electron chi connectivity index (χ3n) is 2.58. The van der Waals surface area contributed by atoms with Gasteiger partial charge in [0, 0.05) is 11.8 Å². The Bertz CT molecular complexity index is 440. The summed E-state index contributed by atoms with van der Waals surface area (Å²) in [5.74, 6) is 1.29. The molecule has 1 N–H and O–H groups in total. The Hall–Kier alpha value is -1.47. The van der Waals surface area contributed by atoms with E-state index in [4.69, 9.17) is 5.26 Å². The number of hydrogen-bond donors (Lipinski definition) is 1. The molecule has 0 aromatic heterocycles. The molecule has 1 aromatic carbocycles. The first-order valence-electron chi connectivity index (χ1n) is 6.01. The van der Waals surface area contributed by atoms with Crippen LogP contribution in [0.15, 0.2) is 24.3 Å². The molecule has 0 bridgehead atoms. The van der Waals surface area contributed by atoms with E-state index in [-0.39, 0.29) is 11.9 Å². The molecule has 0 aliphatic carbocycles. The highest BCUT2D eigenvalue weighted by Gasteiger charge is 2.05. The summed E-state index contributed by atoms with van der Waals surface area (Å²) in [4.78, 5) is 11.5. The first-order chi connectivity index (χ1) is 8.65. The first-order valence-corrected chi connectivity index (χ1v) is 7.17. The molecular weight excluding hydrogens is 244 g/mol. The standard InChI is InChI=1S/C14H18N2OS/c1-3-11(2)16-14(17)10-18-9-13-6-4-5-12(7-13)8-15/h4-7,11H,3,9-10H2,1-2H3,(H,16,17)/t11-/m1/s1. The van der Waals surface area contributed by atoms with Gasteiger partial charge in [0.05, 0.1) is 17.4 Å². The fraction of sp³-hybridized carbons (Fsp3) is 0.429. The van der Waals surface area contributed by atoms with Crippen molar-refractivity contribution in [3.8, 4) is 6.07 Å². The Balaban J connectivity index is 2.33. The number of amides is 1. The van der Waals surface area contributed by atoms with Crippen LogP contribution in [0.1, 0.15) is 31.4 Å². The van der Waals surface area contributed by atoms with Crippen LogP contribution in [0, 0.1) is 11.3 Å². The molecule has 0 heterocycles. The number of thioether (sulfide) groups is 1. The van der Waals surface area contributed by atoms with E-state index in [0.717, 1.165) is 17.7 Å². The molecule has 0 fully saturated rings. The van der Waals surface area contributed by atoms with Gasteiger partial charge in [-0.15, -0.1) is 11.8 Å². The molecule has 0 saturated heterocycles. The Kier molecular flexibility index (Phi) is 6.31. The highest BCUT2D eigenvalue weighted by Crippen LogP contribution is 2.13. The topological polar surface area (TPSA) is 52.9 Å². The number of rotatable bonds is 6. The normalized spacial score (nSPS) is 11.6. The van der Waals surface area contributed by atoms with Gasteiger partial charge < -0.3 is 5.32 Å². The summed E-state index contributed by atoms with van der Waals surface area (Å²) >= 11 is 1.56.